The fraction of sp³-hybridized carbons (Fsp3) is 0.588. The maximum absolute atomic E-state index is 10.8. The van der Waals surface area contributed by atoms with Gasteiger partial charge in [-0.3, -0.25) is 0 Å². The van der Waals surface area contributed by atoms with Crippen LogP contribution in [-0.2, 0) is 10.2 Å². The van der Waals surface area contributed by atoms with Crippen molar-refractivity contribution in [3.8, 4) is 0 Å². The molecule has 20 heavy (non-hydrogen) atoms. The Kier molecular flexibility index (Phi) is 4.85. The first kappa shape index (κ1) is 16.5. The summed E-state index contributed by atoms with van der Waals surface area (Å²) in [5.74, 6) is 0.0487. The standard InChI is InChI=1S/C17H26O3/c1-7-14(17(5,6)20-15(18)19)12-8-10-13(11-9-12)16(2,3)4/h8-11,14H,7H2,1-6H3,(H,18,19). The second kappa shape index (κ2) is 5.86. The van der Waals surface area contributed by atoms with Gasteiger partial charge in [-0.05, 0) is 36.8 Å². The highest BCUT2D eigenvalue weighted by atomic mass is 16.7. The van der Waals surface area contributed by atoms with Gasteiger partial charge in [0.1, 0.15) is 5.60 Å². The van der Waals surface area contributed by atoms with Crippen LogP contribution in [0.4, 0.5) is 4.79 Å². The van der Waals surface area contributed by atoms with Crippen LogP contribution in [0.25, 0.3) is 0 Å². The Morgan fingerprint density at radius 2 is 1.65 bits per heavy atom. The molecule has 0 aliphatic heterocycles. The largest absolute Gasteiger partial charge is 0.506 e. The summed E-state index contributed by atoms with van der Waals surface area (Å²) in [4.78, 5) is 10.8. The maximum atomic E-state index is 10.8. The Morgan fingerprint density at radius 1 is 1.15 bits per heavy atom. The predicted octanol–water partition coefficient (Wildman–Crippen LogP) is 4.95. The first-order valence-corrected chi connectivity index (χ1v) is 7.10. The van der Waals surface area contributed by atoms with Crippen LogP contribution < -0.4 is 0 Å². The number of carboxylic acid groups (broad SMARTS) is 1. The smallest absolute Gasteiger partial charge is 0.450 e. The molecule has 1 aromatic rings. The third-order valence-corrected chi connectivity index (χ3v) is 3.78. The van der Waals surface area contributed by atoms with E-state index in [1.54, 1.807) is 0 Å². The first-order valence-electron chi connectivity index (χ1n) is 7.10. The van der Waals surface area contributed by atoms with Crippen LogP contribution in [0.5, 0.6) is 0 Å². The molecule has 1 N–H and O–H groups in total. The van der Waals surface area contributed by atoms with Crippen LogP contribution >= 0.6 is 0 Å². The number of ether oxygens (including phenoxy) is 1. The van der Waals surface area contributed by atoms with E-state index < -0.39 is 11.8 Å². The third-order valence-electron chi connectivity index (χ3n) is 3.78. The van der Waals surface area contributed by atoms with Gasteiger partial charge in [0.2, 0.25) is 0 Å². The monoisotopic (exact) mass is 278 g/mol. The number of hydrogen-bond acceptors (Lipinski definition) is 2. The fourth-order valence-electron chi connectivity index (χ4n) is 2.64. The molecule has 0 bridgehead atoms. The van der Waals surface area contributed by atoms with Crippen molar-refractivity contribution in [3.05, 3.63) is 35.4 Å². The molecule has 0 spiro atoms. The van der Waals surface area contributed by atoms with Gasteiger partial charge in [0.15, 0.2) is 0 Å². The molecule has 112 valence electrons. The Bertz CT molecular complexity index is 452. The molecule has 0 aliphatic rings. The molecule has 0 saturated carbocycles. The summed E-state index contributed by atoms with van der Waals surface area (Å²) in [6.07, 6.45) is -0.394. The summed E-state index contributed by atoms with van der Waals surface area (Å²) >= 11 is 0. The summed E-state index contributed by atoms with van der Waals surface area (Å²) in [5.41, 5.74) is 1.77. The molecule has 0 aliphatic carbocycles. The summed E-state index contributed by atoms with van der Waals surface area (Å²) < 4.78 is 5.06. The number of hydrogen-bond donors (Lipinski definition) is 1. The van der Waals surface area contributed by atoms with Gasteiger partial charge in [0.05, 0.1) is 0 Å². The van der Waals surface area contributed by atoms with Crippen LogP contribution in [0.1, 0.15) is 65.0 Å². The van der Waals surface area contributed by atoms with Crippen LogP contribution in [0.2, 0.25) is 0 Å². The first-order chi connectivity index (χ1) is 9.08. The lowest BCUT2D eigenvalue weighted by atomic mass is 9.80. The van der Waals surface area contributed by atoms with Crippen molar-refractivity contribution in [2.45, 2.75) is 64.9 Å². The van der Waals surface area contributed by atoms with Gasteiger partial charge in [-0.25, -0.2) is 4.79 Å². The van der Waals surface area contributed by atoms with E-state index in [0.29, 0.717) is 0 Å². The van der Waals surface area contributed by atoms with E-state index in [0.717, 1.165) is 12.0 Å². The molecule has 1 rings (SSSR count). The Labute approximate surface area is 122 Å². The Balaban J connectivity index is 3.04. The maximum Gasteiger partial charge on any atom is 0.506 e. The molecule has 0 saturated heterocycles. The average molecular weight is 278 g/mol. The molecule has 3 nitrogen and oxygen atoms in total. The van der Waals surface area contributed by atoms with E-state index in [4.69, 9.17) is 9.84 Å². The molecule has 0 fully saturated rings. The van der Waals surface area contributed by atoms with Crippen LogP contribution in [0.3, 0.4) is 0 Å². The molecule has 1 atom stereocenters. The van der Waals surface area contributed by atoms with Gasteiger partial charge < -0.3 is 9.84 Å². The predicted molar refractivity (Wildman–Crippen MR) is 81.4 cm³/mol. The van der Waals surface area contributed by atoms with E-state index in [-0.39, 0.29) is 11.3 Å². The highest BCUT2D eigenvalue weighted by Crippen LogP contribution is 2.35. The molecular weight excluding hydrogens is 252 g/mol. The van der Waals surface area contributed by atoms with Crippen molar-refractivity contribution in [1.29, 1.82) is 0 Å². The van der Waals surface area contributed by atoms with Gasteiger partial charge >= 0.3 is 6.16 Å². The minimum Gasteiger partial charge on any atom is -0.450 e. The molecule has 3 heteroatoms. The summed E-state index contributed by atoms with van der Waals surface area (Å²) in [7, 11) is 0. The zero-order chi connectivity index (χ0) is 15.6. The van der Waals surface area contributed by atoms with Crippen molar-refractivity contribution in [3.63, 3.8) is 0 Å². The van der Waals surface area contributed by atoms with Crippen molar-refractivity contribution in [2.24, 2.45) is 0 Å². The minimum absolute atomic E-state index is 0.0487. The van der Waals surface area contributed by atoms with Crippen molar-refractivity contribution in [1.82, 2.24) is 0 Å². The van der Waals surface area contributed by atoms with Gasteiger partial charge in [-0.15, -0.1) is 0 Å². The SMILES string of the molecule is CCC(c1ccc(C(C)(C)C)cc1)C(C)(C)OC(=O)O. The number of rotatable bonds is 4. The number of benzene rings is 1. The van der Waals surface area contributed by atoms with Gasteiger partial charge in [-0.2, -0.15) is 0 Å². The van der Waals surface area contributed by atoms with Gasteiger partial charge in [0, 0.05) is 5.92 Å². The molecular formula is C17H26O3. The minimum atomic E-state index is -1.22. The van der Waals surface area contributed by atoms with Crippen molar-refractivity contribution >= 4 is 6.16 Å². The lowest BCUT2D eigenvalue weighted by Crippen LogP contribution is -2.34. The third kappa shape index (κ3) is 3.99. The van der Waals surface area contributed by atoms with E-state index in [1.807, 2.05) is 13.8 Å². The average Bonchev–Trinajstić information content (AvgIpc) is 2.27. The molecule has 0 heterocycles. The zero-order valence-corrected chi connectivity index (χ0v) is 13.4. The zero-order valence-electron chi connectivity index (χ0n) is 13.4. The van der Waals surface area contributed by atoms with Gasteiger partial charge in [0.25, 0.3) is 0 Å². The van der Waals surface area contributed by atoms with Crippen molar-refractivity contribution < 1.29 is 14.6 Å². The second-order valence-corrected chi connectivity index (χ2v) is 6.80. The molecule has 0 aromatic heterocycles. The Morgan fingerprint density at radius 3 is 2.00 bits per heavy atom. The quantitative estimate of drug-likeness (QED) is 0.792. The van der Waals surface area contributed by atoms with E-state index in [9.17, 15) is 4.79 Å². The fourth-order valence-corrected chi connectivity index (χ4v) is 2.64. The summed E-state index contributed by atoms with van der Waals surface area (Å²) in [5, 5.41) is 8.87. The molecule has 1 aromatic carbocycles. The highest BCUT2D eigenvalue weighted by Gasteiger charge is 2.33. The van der Waals surface area contributed by atoms with Crippen LogP contribution in [-0.4, -0.2) is 16.9 Å². The molecule has 0 amide bonds. The molecule has 1 unspecified atom stereocenters. The molecule has 0 radical (unpaired) electrons. The van der Waals surface area contributed by atoms with E-state index >= 15 is 0 Å². The lowest BCUT2D eigenvalue weighted by molar-refractivity contribution is -0.0136. The number of carbonyl (C=O) groups is 1. The van der Waals surface area contributed by atoms with Gasteiger partial charge in [-0.1, -0.05) is 52.0 Å². The normalized spacial score (nSPS) is 13.9. The van der Waals surface area contributed by atoms with Crippen molar-refractivity contribution in [2.75, 3.05) is 0 Å². The second-order valence-electron chi connectivity index (χ2n) is 6.80. The van der Waals surface area contributed by atoms with Crippen LogP contribution in [0, 0.1) is 0 Å². The summed E-state index contributed by atoms with van der Waals surface area (Å²) in [6, 6.07) is 8.41. The van der Waals surface area contributed by atoms with Crippen LogP contribution in [0.15, 0.2) is 24.3 Å². The van der Waals surface area contributed by atoms with E-state index in [2.05, 4.69) is 52.0 Å². The Hall–Kier alpha value is -1.51. The van der Waals surface area contributed by atoms with E-state index in [1.165, 1.54) is 5.56 Å². The lowest BCUT2D eigenvalue weighted by Gasteiger charge is -2.33. The topological polar surface area (TPSA) is 46.5 Å². The summed E-state index contributed by atoms with van der Waals surface area (Å²) in [6.45, 7) is 12.2. The highest BCUT2D eigenvalue weighted by molar-refractivity contribution is 5.57.